The van der Waals surface area contributed by atoms with Crippen molar-refractivity contribution < 1.29 is 14.7 Å². The molecule has 0 bridgehead atoms. The topological polar surface area (TPSA) is 123 Å². The smallest absolute Gasteiger partial charge is 0.407 e. The van der Waals surface area contributed by atoms with E-state index in [9.17, 15) is 9.59 Å². The quantitative estimate of drug-likeness (QED) is 0.492. The summed E-state index contributed by atoms with van der Waals surface area (Å²) in [5.41, 5.74) is 2.49. The Kier molecular flexibility index (Phi) is 6.71. The van der Waals surface area contributed by atoms with Crippen LogP contribution in [0.15, 0.2) is 30.6 Å². The van der Waals surface area contributed by atoms with Gasteiger partial charge in [-0.3, -0.25) is 9.69 Å². The molecule has 206 valence electrons. The lowest BCUT2D eigenvalue weighted by Gasteiger charge is -2.47. The van der Waals surface area contributed by atoms with E-state index in [1.54, 1.807) is 25.2 Å². The second kappa shape index (κ2) is 10.3. The second-order valence-electron chi connectivity index (χ2n) is 10.9. The van der Waals surface area contributed by atoms with Gasteiger partial charge in [-0.1, -0.05) is 12.8 Å². The highest BCUT2D eigenvalue weighted by Crippen LogP contribution is 2.35. The molecule has 12 heteroatoms. The SMILES string of the molecule is CN(C)C(=O)c1cc2cnc(Nc3ccc(N4CCN(C5CN(C(=O)O)C5)CC4)cn3)nc2n1C1CCCC1. The van der Waals surface area contributed by atoms with Crippen molar-refractivity contribution in [3.8, 4) is 0 Å². The number of aromatic nitrogens is 4. The molecule has 2 aliphatic heterocycles. The molecule has 1 saturated carbocycles. The summed E-state index contributed by atoms with van der Waals surface area (Å²) in [6.07, 6.45) is 7.21. The first-order valence-electron chi connectivity index (χ1n) is 13.7. The molecule has 2 N–H and O–H groups in total. The summed E-state index contributed by atoms with van der Waals surface area (Å²) >= 11 is 0. The van der Waals surface area contributed by atoms with Gasteiger partial charge in [-0.05, 0) is 31.0 Å². The van der Waals surface area contributed by atoms with Crippen LogP contribution in [0.25, 0.3) is 11.0 Å². The fourth-order valence-electron chi connectivity index (χ4n) is 5.94. The number of carboxylic acid groups (broad SMARTS) is 1. The summed E-state index contributed by atoms with van der Waals surface area (Å²) in [7, 11) is 3.55. The molecule has 3 fully saturated rings. The van der Waals surface area contributed by atoms with E-state index in [1.165, 1.54) is 4.90 Å². The number of carbonyl (C=O) groups is 2. The Morgan fingerprint density at radius 1 is 1.00 bits per heavy atom. The predicted octanol–water partition coefficient (Wildman–Crippen LogP) is 2.87. The molecule has 5 heterocycles. The fourth-order valence-corrected chi connectivity index (χ4v) is 5.94. The van der Waals surface area contributed by atoms with Crippen LogP contribution in [0, 0.1) is 0 Å². The number of piperazine rings is 1. The van der Waals surface area contributed by atoms with Crippen molar-refractivity contribution in [2.24, 2.45) is 0 Å². The first-order valence-corrected chi connectivity index (χ1v) is 13.7. The molecular weight excluding hydrogens is 498 g/mol. The van der Waals surface area contributed by atoms with Gasteiger partial charge in [0.25, 0.3) is 5.91 Å². The van der Waals surface area contributed by atoms with Crippen LogP contribution in [0.2, 0.25) is 0 Å². The third-order valence-electron chi connectivity index (χ3n) is 8.21. The van der Waals surface area contributed by atoms with Crippen molar-refractivity contribution in [2.45, 2.75) is 37.8 Å². The van der Waals surface area contributed by atoms with Crippen LogP contribution in [0.3, 0.4) is 0 Å². The van der Waals surface area contributed by atoms with Gasteiger partial charge in [0.2, 0.25) is 5.95 Å². The van der Waals surface area contributed by atoms with E-state index in [0.29, 0.717) is 36.6 Å². The van der Waals surface area contributed by atoms with Crippen molar-refractivity contribution in [1.82, 2.24) is 34.2 Å². The number of pyridine rings is 1. The molecule has 6 rings (SSSR count). The van der Waals surface area contributed by atoms with Gasteiger partial charge >= 0.3 is 6.09 Å². The van der Waals surface area contributed by atoms with Crippen LogP contribution >= 0.6 is 0 Å². The van der Waals surface area contributed by atoms with E-state index < -0.39 is 6.09 Å². The average Bonchev–Trinajstić information content (AvgIpc) is 3.55. The largest absolute Gasteiger partial charge is 0.465 e. The lowest BCUT2D eigenvalue weighted by molar-refractivity contribution is 0.0341. The molecule has 0 spiro atoms. The Hall–Kier alpha value is -3.93. The highest BCUT2D eigenvalue weighted by molar-refractivity contribution is 5.97. The van der Waals surface area contributed by atoms with Crippen molar-refractivity contribution in [1.29, 1.82) is 0 Å². The van der Waals surface area contributed by atoms with E-state index >= 15 is 0 Å². The second-order valence-corrected chi connectivity index (χ2v) is 10.9. The van der Waals surface area contributed by atoms with Gasteiger partial charge in [0.15, 0.2) is 0 Å². The number of rotatable bonds is 6. The molecule has 1 aliphatic carbocycles. The molecule has 0 atom stereocenters. The van der Waals surface area contributed by atoms with Crippen LogP contribution in [0.1, 0.15) is 42.2 Å². The maximum Gasteiger partial charge on any atom is 0.407 e. The zero-order valence-electron chi connectivity index (χ0n) is 22.5. The molecule has 0 radical (unpaired) electrons. The monoisotopic (exact) mass is 533 g/mol. The number of nitrogens with zero attached hydrogens (tertiary/aromatic N) is 8. The van der Waals surface area contributed by atoms with Crippen LogP contribution in [0.5, 0.6) is 0 Å². The van der Waals surface area contributed by atoms with Crippen molar-refractivity contribution in [2.75, 3.05) is 63.6 Å². The molecule has 3 aliphatic rings. The predicted molar refractivity (Wildman–Crippen MR) is 148 cm³/mol. The minimum absolute atomic E-state index is 0.0255. The van der Waals surface area contributed by atoms with E-state index in [0.717, 1.165) is 68.6 Å². The summed E-state index contributed by atoms with van der Waals surface area (Å²) in [4.78, 5) is 45.7. The van der Waals surface area contributed by atoms with Crippen molar-refractivity contribution in [3.05, 3.63) is 36.3 Å². The maximum atomic E-state index is 12.9. The summed E-state index contributed by atoms with van der Waals surface area (Å²) in [6, 6.07) is 6.48. The molecule has 0 unspecified atom stereocenters. The molecule has 2 amide bonds. The number of amides is 2. The Bertz CT molecular complexity index is 1350. The molecule has 2 saturated heterocycles. The maximum absolute atomic E-state index is 12.9. The van der Waals surface area contributed by atoms with Gasteiger partial charge in [0, 0.05) is 77.0 Å². The van der Waals surface area contributed by atoms with E-state index in [-0.39, 0.29) is 11.9 Å². The molecule has 0 aromatic carbocycles. The van der Waals surface area contributed by atoms with Crippen LogP contribution in [0.4, 0.5) is 22.2 Å². The Morgan fingerprint density at radius 2 is 1.74 bits per heavy atom. The lowest BCUT2D eigenvalue weighted by atomic mass is 10.1. The van der Waals surface area contributed by atoms with Gasteiger partial charge < -0.3 is 29.7 Å². The number of anilines is 3. The van der Waals surface area contributed by atoms with Gasteiger partial charge in [0.1, 0.15) is 17.2 Å². The van der Waals surface area contributed by atoms with Crippen LogP contribution in [-0.2, 0) is 0 Å². The van der Waals surface area contributed by atoms with Crippen LogP contribution < -0.4 is 10.2 Å². The molecular formula is C27H35N9O3. The highest BCUT2D eigenvalue weighted by Gasteiger charge is 2.36. The number of nitrogens with one attached hydrogen (secondary N) is 1. The van der Waals surface area contributed by atoms with E-state index in [2.05, 4.69) is 29.7 Å². The lowest BCUT2D eigenvalue weighted by Crippen LogP contribution is -2.64. The molecule has 12 nitrogen and oxygen atoms in total. The Morgan fingerprint density at radius 3 is 2.38 bits per heavy atom. The molecule has 3 aromatic heterocycles. The van der Waals surface area contributed by atoms with Gasteiger partial charge in [0.05, 0.1) is 11.9 Å². The summed E-state index contributed by atoms with van der Waals surface area (Å²) in [6.45, 7) is 4.78. The minimum atomic E-state index is -0.832. The Labute approximate surface area is 227 Å². The van der Waals surface area contributed by atoms with Crippen LogP contribution in [-0.4, -0.2) is 111 Å². The zero-order chi connectivity index (χ0) is 27.1. The minimum Gasteiger partial charge on any atom is -0.465 e. The van der Waals surface area contributed by atoms with Gasteiger partial charge in [-0.25, -0.2) is 14.8 Å². The first kappa shape index (κ1) is 25.4. The van der Waals surface area contributed by atoms with Gasteiger partial charge in [-0.2, -0.15) is 4.98 Å². The first-order chi connectivity index (χ1) is 18.9. The standard InChI is InChI=1S/C27H35N9O3/c1-32(2)25(37)22-13-18-14-29-26(31-24(18)36(22)19-5-3-4-6-19)30-23-8-7-20(15-28-23)33-9-11-34(12-10-33)21-16-35(17-21)27(38)39/h7-8,13-15,19,21H,3-6,9-12,16-17H2,1-2H3,(H,38,39)(H,28,29,30,31). The third-order valence-corrected chi connectivity index (χ3v) is 8.21. The normalized spacial score (nSPS) is 18.9. The van der Waals surface area contributed by atoms with Crippen molar-refractivity contribution in [3.63, 3.8) is 0 Å². The summed E-state index contributed by atoms with van der Waals surface area (Å²) in [5.74, 6) is 1.08. The zero-order valence-corrected chi connectivity index (χ0v) is 22.5. The highest BCUT2D eigenvalue weighted by atomic mass is 16.4. The molecule has 39 heavy (non-hydrogen) atoms. The molecule has 3 aromatic rings. The Balaban J connectivity index is 1.13. The van der Waals surface area contributed by atoms with E-state index in [1.807, 2.05) is 24.4 Å². The van der Waals surface area contributed by atoms with E-state index in [4.69, 9.17) is 10.1 Å². The van der Waals surface area contributed by atoms with Crippen molar-refractivity contribution >= 4 is 40.5 Å². The number of hydrogen-bond donors (Lipinski definition) is 2. The fraction of sp³-hybridized carbons (Fsp3) is 0.519. The average molecular weight is 534 g/mol. The third kappa shape index (κ3) is 4.96. The number of fused-ring (bicyclic) bond motifs is 1. The number of hydrogen-bond acceptors (Lipinski definition) is 8. The van der Waals surface area contributed by atoms with Gasteiger partial charge in [-0.15, -0.1) is 0 Å². The number of likely N-dealkylation sites (tertiary alicyclic amines) is 1. The number of carbonyl (C=O) groups excluding carboxylic acids is 1. The summed E-state index contributed by atoms with van der Waals surface area (Å²) in [5, 5.41) is 13.2. The summed E-state index contributed by atoms with van der Waals surface area (Å²) < 4.78 is 2.11.